The maximum absolute atomic E-state index is 11.7. The number of carbonyl (C=O) groups is 2. The van der Waals surface area contributed by atoms with Crippen molar-refractivity contribution in [3.8, 4) is 0 Å². The lowest BCUT2D eigenvalue weighted by Gasteiger charge is -2.03. The van der Waals surface area contributed by atoms with E-state index in [1.807, 2.05) is 12.1 Å². The number of nitrogens with one attached hydrogen (secondary N) is 1. The van der Waals surface area contributed by atoms with E-state index < -0.39 is 5.97 Å². The summed E-state index contributed by atoms with van der Waals surface area (Å²) in [5, 5.41) is 13.5. The highest BCUT2D eigenvalue weighted by atomic mass is 32.1. The second-order valence-corrected chi connectivity index (χ2v) is 5.01. The Balaban J connectivity index is 1.76. The van der Waals surface area contributed by atoms with Crippen LogP contribution >= 0.6 is 11.3 Å². The van der Waals surface area contributed by atoms with E-state index in [4.69, 9.17) is 5.11 Å². The van der Waals surface area contributed by atoms with Crippen LogP contribution < -0.4 is 5.32 Å². The first kappa shape index (κ1) is 14.1. The summed E-state index contributed by atoms with van der Waals surface area (Å²) in [7, 11) is 0. The highest BCUT2D eigenvalue weighted by Gasteiger charge is 2.09. The molecule has 0 saturated carbocycles. The van der Waals surface area contributed by atoms with Gasteiger partial charge in [0.05, 0.1) is 6.54 Å². The van der Waals surface area contributed by atoms with Gasteiger partial charge in [-0.1, -0.05) is 0 Å². The molecule has 0 spiro atoms. The SMILES string of the molecule is O=C(CCc1ccncc1)NCc1nc(C(=O)O)cs1. The van der Waals surface area contributed by atoms with Gasteiger partial charge < -0.3 is 10.4 Å². The molecule has 0 atom stereocenters. The lowest BCUT2D eigenvalue weighted by Crippen LogP contribution is -2.23. The molecular weight excluding hydrogens is 278 g/mol. The maximum atomic E-state index is 11.7. The molecule has 7 heteroatoms. The zero-order valence-corrected chi connectivity index (χ0v) is 11.4. The van der Waals surface area contributed by atoms with Crippen molar-refractivity contribution in [1.82, 2.24) is 15.3 Å². The molecule has 0 fully saturated rings. The van der Waals surface area contributed by atoms with Crippen LogP contribution in [0.3, 0.4) is 0 Å². The molecule has 2 rings (SSSR count). The number of carboxylic acids is 1. The Bertz CT molecular complexity index is 598. The number of carboxylic acid groups (broad SMARTS) is 1. The molecule has 0 aromatic carbocycles. The van der Waals surface area contributed by atoms with Crippen molar-refractivity contribution in [3.63, 3.8) is 0 Å². The molecule has 0 bridgehead atoms. The van der Waals surface area contributed by atoms with Crippen LogP contribution in [0.5, 0.6) is 0 Å². The fourth-order valence-corrected chi connectivity index (χ4v) is 2.27. The summed E-state index contributed by atoms with van der Waals surface area (Å²) in [4.78, 5) is 30.1. The predicted octanol–water partition coefficient (Wildman–Crippen LogP) is 1.49. The molecule has 0 radical (unpaired) electrons. The molecule has 2 aromatic heterocycles. The first-order valence-electron chi connectivity index (χ1n) is 5.98. The summed E-state index contributed by atoms with van der Waals surface area (Å²) >= 11 is 1.22. The van der Waals surface area contributed by atoms with Crippen LogP contribution in [0.2, 0.25) is 0 Å². The minimum Gasteiger partial charge on any atom is -0.476 e. The van der Waals surface area contributed by atoms with Gasteiger partial charge in [-0.15, -0.1) is 11.3 Å². The van der Waals surface area contributed by atoms with E-state index in [-0.39, 0.29) is 18.1 Å². The Hall–Kier alpha value is -2.28. The average Bonchev–Trinajstić information content (AvgIpc) is 2.93. The predicted molar refractivity (Wildman–Crippen MR) is 73.5 cm³/mol. The van der Waals surface area contributed by atoms with Crippen molar-refractivity contribution in [2.75, 3.05) is 0 Å². The molecule has 0 saturated heterocycles. The molecule has 104 valence electrons. The van der Waals surface area contributed by atoms with Crippen molar-refractivity contribution in [2.24, 2.45) is 0 Å². The molecule has 2 N–H and O–H groups in total. The first-order chi connectivity index (χ1) is 9.65. The van der Waals surface area contributed by atoms with Gasteiger partial charge >= 0.3 is 5.97 Å². The topological polar surface area (TPSA) is 92.2 Å². The van der Waals surface area contributed by atoms with E-state index in [1.54, 1.807) is 12.4 Å². The largest absolute Gasteiger partial charge is 0.476 e. The molecule has 0 unspecified atom stereocenters. The third kappa shape index (κ3) is 4.13. The second-order valence-electron chi connectivity index (χ2n) is 4.06. The molecule has 20 heavy (non-hydrogen) atoms. The fraction of sp³-hybridized carbons (Fsp3) is 0.231. The Morgan fingerprint density at radius 2 is 2.05 bits per heavy atom. The summed E-state index contributed by atoms with van der Waals surface area (Å²) in [6.45, 7) is 0.257. The molecule has 0 aliphatic heterocycles. The van der Waals surface area contributed by atoms with E-state index >= 15 is 0 Å². The highest BCUT2D eigenvalue weighted by molar-refractivity contribution is 7.09. The number of aryl methyl sites for hydroxylation is 1. The van der Waals surface area contributed by atoms with Gasteiger partial charge in [0.2, 0.25) is 5.91 Å². The van der Waals surface area contributed by atoms with Crippen molar-refractivity contribution in [3.05, 3.63) is 46.2 Å². The number of thiazole rings is 1. The van der Waals surface area contributed by atoms with Gasteiger partial charge in [-0.3, -0.25) is 9.78 Å². The highest BCUT2D eigenvalue weighted by Crippen LogP contribution is 2.09. The van der Waals surface area contributed by atoms with Gasteiger partial charge in [0, 0.05) is 24.2 Å². The zero-order valence-electron chi connectivity index (χ0n) is 10.6. The van der Waals surface area contributed by atoms with Crippen molar-refractivity contribution < 1.29 is 14.7 Å². The van der Waals surface area contributed by atoms with Crippen LogP contribution in [0.25, 0.3) is 0 Å². The minimum atomic E-state index is -1.06. The number of hydrogen-bond acceptors (Lipinski definition) is 5. The minimum absolute atomic E-state index is 0.0102. The monoisotopic (exact) mass is 291 g/mol. The van der Waals surface area contributed by atoms with Gasteiger partial charge in [0.25, 0.3) is 0 Å². The van der Waals surface area contributed by atoms with Gasteiger partial charge in [-0.05, 0) is 24.1 Å². The van der Waals surface area contributed by atoms with Gasteiger partial charge in [0.15, 0.2) is 5.69 Å². The Kier molecular flexibility index (Phi) is 4.78. The van der Waals surface area contributed by atoms with Crippen molar-refractivity contribution in [2.45, 2.75) is 19.4 Å². The molecule has 2 heterocycles. The molecule has 2 aromatic rings. The first-order valence-corrected chi connectivity index (χ1v) is 6.86. The number of nitrogens with zero attached hydrogens (tertiary/aromatic N) is 2. The number of aromatic nitrogens is 2. The van der Waals surface area contributed by atoms with Gasteiger partial charge in [-0.2, -0.15) is 0 Å². The van der Waals surface area contributed by atoms with Crippen molar-refractivity contribution in [1.29, 1.82) is 0 Å². The summed E-state index contributed by atoms with van der Waals surface area (Å²) in [6.07, 6.45) is 4.40. The lowest BCUT2D eigenvalue weighted by atomic mass is 10.1. The normalized spacial score (nSPS) is 10.2. The van der Waals surface area contributed by atoms with Crippen LogP contribution in [0.15, 0.2) is 29.9 Å². The standard InChI is InChI=1S/C13H13N3O3S/c17-11(2-1-9-3-5-14-6-4-9)15-7-12-16-10(8-20-12)13(18)19/h3-6,8H,1-2,7H2,(H,15,17)(H,18,19). The second kappa shape index (κ2) is 6.76. The molecule has 6 nitrogen and oxygen atoms in total. The van der Waals surface area contributed by atoms with E-state index in [9.17, 15) is 9.59 Å². The van der Waals surface area contributed by atoms with E-state index in [2.05, 4.69) is 15.3 Å². The molecule has 1 amide bonds. The average molecular weight is 291 g/mol. The Morgan fingerprint density at radius 3 is 2.70 bits per heavy atom. The molecular formula is C13H13N3O3S. The Morgan fingerprint density at radius 1 is 1.30 bits per heavy atom. The fourth-order valence-electron chi connectivity index (χ4n) is 1.56. The molecule has 0 aliphatic rings. The number of pyridine rings is 1. The molecule has 0 aliphatic carbocycles. The summed E-state index contributed by atoms with van der Waals surface area (Å²) < 4.78 is 0. The number of amides is 1. The lowest BCUT2D eigenvalue weighted by molar-refractivity contribution is -0.121. The van der Waals surface area contributed by atoms with E-state index in [0.29, 0.717) is 17.8 Å². The van der Waals surface area contributed by atoms with E-state index in [1.165, 1.54) is 16.7 Å². The third-order valence-corrected chi connectivity index (χ3v) is 3.45. The zero-order chi connectivity index (χ0) is 14.4. The van der Waals surface area contributed by atoms with Crippen LogP contribution in [-0.2, 0) is 17.8 Å². The van der Waals surface area contributed by atoms with Gasteiger partial charge in [-0.25, -0.2) is 9.78 Å². The summed E-state index contributed by atoms with van der Waals surface area (Å²) in [6, 6.07) is 3.74. The maximum Gasteiger partial charge on any atom is 0.355 e. The van der Waals surface area contributed by atoms with Crippen LogP contribution in [0.1, 0.15) is 27.5 Å². The number of aromatic carboxylic acids is 1. The summed E-state index contributed by atoms with van der Waals surface area (Å²) in [5.74, 6) is -1.15. The Labute approximate surface area is 119 Å². The third-order valence-electron chi connectivity index (χ3n) is 2.60. The van der Waals surface area contributed by atoms with Crippen LogP contribution in [-0.4, -0.2) is 27.0 Å². The van der Waals surface area contributed by atoms with Crippen molar-refractivity contribution >= 4 is 23.2 Å². The smallest absolute Gasteiger partial charge is 0.355 e. The number of rotatable bonds is 6. The number of hydrogen-bond donors (Lipinski definition) is 2. The number of carbonyl (C=O) groups excluding carboxylic acids is 1. The van der Waals surface area contributed by atoms with Crippen LogP contribution in [0.4, 0.5) is 0 Å². The van der Waals surface area contributed by atoms with E-state index in [0.717, 1.165) is 5.56 Å². The quantitative estimate of drug-likeness (QED) is 0.841. The van der Waals surface area contributed by atoms with Crippen LogP contribution in [0, 0.1) is 0 Å². The van der Waals surface area contributed by atoms with Gasteiger partial charge in [0.1, 0.15) is 5.01 Å². The summed E-state index contributed by atoms with van der Waals surface area (Å²) in [5.41, 5.74) is 1.06.